The van der Waals surface area contributed by atoms with E-state index < -0.39 is 5.97 Å². The zero-order valence-corrected chi connectivity index (χ0v) is 9.57. The number of pyridine rings is 1. The average molecular weight is 250 g/mol. The van der Waals surface area contributed by atoms with Crippen molar-refractivity contribution in [1.82, 2.24) is 9.97 Å². The van der Waals surface area contributed by atoms with E-state index in [1.165, 1.54) is 23.6 Å². The molecule has 2 heterocycles. The van der Waals surface area contributed by atoms with Crippen molar-refractivity contribution in [2.75, 3.05) is 11.1 Å². The molecule has 0 saturated carbocycles. The standard InChI is InChI=1S/C10H10N4O2S/c11-8-1-6(10(15)16)2-12-9(8)13-3-7-4-17-5-14-7/h1-2,4-5H,3,11H2,(H,12,13)(H,15,16). The zero-order chi connectivity index (χ0) is 12.3. The second kappa shape index (κ2) is 4.79. The molecule has 4 N–H and O–H groups in total. The minimum absolute atomic E-state index is 0.0710. The number of thiazole rings is 1. The van der Waals surface area contributed by atoms with E-state index in [1.54, 1.807) is 5.51 Å². The van der Waals surface area contributed by atoms with Gasteiger partial charge in [0.2, 0.25) is 0 Å². The predicted octanol–water partition coefficient (Wildman–Crippen LogP) is 1.43. The molecular formula is C10H10N4O2S. The number of nitrogens with two attached hydrogens (primary N) is 1. The van der Waals surface area contributed by atoms with Crippen molar-refractivity contribution in [2.45, 2.75) is 6.54 Å². The SMILES string of the molecule is Nc1cc(C(=O)O)cnc1NCc1cscn1. The molecule has 6 nitrogen and oxygen atoms in total. The molecule has 0 fully saturated rings. The number of aromatic carboxylic acids is 1. The first-order chi connectivity index (χ1) is 8.16. The highest BCUT2D eigenvalue weighted by atomic mass is 32.1. The van der Waals surface area contributed by atoms with Crippen LogP contribution in [0.1, 0.15) is 16.1 Å². The maximum atomic E-state index is 10.7. The summed E-state index contributed by atoms with van der Waals surface area (Å²) in [7, 11) is 0. The molecule has 7 heteroatoms. The van der Waals surface area contributed by atoms with Crippen LogP contribution in [-0.2, 0) is 6.54 Å². The molecule has 0 aliphatic carbocycles. The van der Waals surface area contributed by atoms with Crippen LogP contribution < -0.4 is 11.1 Å². The fraction of sp³-hybridized carbons (Fsp3) is 0.100. The van der Waals surface area contributed by atoms with Gasteiger partial charge in [0.1, 0.15) is 5.82 Å². The highest BCUT2D eigenvalue weighted by molar-refractivity contribution is 7.07. The molecule has 0 aliphatic rings. The Hall–Kier alpha value is -2.15. The summed E-state index contributed by atoms with van der Waals surface area (Å²) in [5, 5.41) is 13.7. The third-order valence-electron chi connectivity index (χ3n) is 2.08. The Morgan fingerprint density at radius 3 is 2.94 bits per heavy atom. The lowest BCUT2D eigenvalue weighted by molar-refractivity contribution is 0.0696. The molecule has 0 atom stereocenters. The Labute approximate surface area is 101 Å². The first kappa shape index (κ1) is 11.3. The molecule has 0 aromatic carbocycles. The Bertz CT molecular complexity index is 527. The van der Waals surface area contributed by atoms with E-state index in [2.05, 4.69) is 15.3 Å². The van der Waals surface area contributed by atoms with Crippen molar-refractivity contribution in [3.63, 3.8) is 0 Å². The van der Waals surface area contributed by atoms with E-state index in [9.17, 15) is 4.79 Å². The van der Waals surface area contributed by atoms with Crippen molar-refractivity contribution < 1.29 is 9.90 Å². The average Bonchev–Trinajstić information content (AvgIpc) is 2.80. The van der Waals surface area contributed by atoms with E-state index in [0.29, 0.717) is 18.1 Å². The van der Waals surface area contributed by atoms with Crippen molar-refractivity contribution in [3.8, 4) is 0 Å². The first-order valence-corrected chi connectivity index (χ1v) is 5.71. The number of nitrogens with zero attached hydrogens (tertiary/aromatic N) is 2. The summed E-state index contributed by atoms with van der Waals surface area (Å²) in [5.74, 6) is -0.585. The molecule has 2 rings (SSSR count). The molecule has 0 bridgehead atoms. The number of anilines is 2. The van der Waals surface area contributed by atoms with E-state index in [4.69, 9.17) is 10.8 Å². The van der Waals surface area contributed by atoms with Gasteiger partial charge < -0.3 is 16.2 Å². The lowest BCUT2D eigenvalue weighted by Gasteiger charge is -2.07. The van der Waals surface area contributed by atoms with Crippen molar-refractivity contribution in [3.05, 3.63) is 34.4 Å². The van der Waals surface area contributed by atoms with Crippen LogP contribution in [0.15, 0.2) is 23.2 Å². The van der Waals surface area contributed by atoms with E-state index in [-0.39, 0.29) is 5.56 Å². The van der Waals surface area contributed by atoms with Gasteiger partial charge in [-0.1, -0.05) is 0 Å². The molecular weight excluding hydrogens is 240 g/mol. The number of carbonyl (C=O) groups is 1. The van der Waals surface area contributed by atoms with Gasteiger partial charge in [-0.3, -0.25) is 0 Å². The lowest BCUT2D eigenvalue weighted by Crippen LogP contribution is -2.07. The molecule has 0 spiro atoms. The maximum absolute atomic E-state index is 10.7. The highest BCUT2D eigenvalue weighted by Gasteiger charge is 2.07. The van der Waals surface area contributed by atoms with Crippen LogP contribution in [0.3, 0.4) is 0 Å². The summed E-state index contributed by atoms with van der Waals surface area (Å²) >= 11 is 1.50. The molecule has 88 valence electrons. The summed E-state index contributed by atoms with van der Waals surface area (Å²) in [4.78, 5) is 18.7. The zero-order valence-electron chi connectivity index (χ0n) is 8.75. The lowest BCUT2D eigenvalue weighted by atomic mass is 10.2. The number of nitrogens with one attached hydrogen (secondary N) is 1. The largest absolute Gasteiger partial charge is 0.478 e. The van der Waals surface area contributed by atoms with Gasteiger partial charge in [-0.05, 0) is 6.07 Å². The van der Waals surface area contributed by atoms with Crippen LogP contribution in [-0.4, -0.2) is 21.0 Å². The van der Waals surface area contributed by atoms with Gasteiger partial charge in [-0.15, -0.1) is 11.3 Å². The van der Waals surface area contributed by atoms with Gasteiger partial charge in [0.25, 0.3) is 0 Å². The van der Waals surface area contributed by atoms with Crippen LogP contribution in [0.25, 0.3) is 0 Å². The Balaban J connectivity index is 2.09. The van der Waals surface area contributed by atoms with Crippen molar-refractivity contribution in [1.29, 1.82) is 0 Å². The quantitative estimate of drug-likeness (QED) is 0.758. The van der Waals surface area contributed by atoms with Gasteiger partial charge in [0.05, 0.1) is 29.0 Å². The first-order valence-electron chi connectivity index (χ1n) is 4.76. The minimum Gasteiger partial charge on any atom is -0.478 e. The van der Waals surface area contributed by atoms with Gasteiger partial charge in [0.15, 0.2) is 0 Å². The van der Waals surface area contributed by atoms with E-state index in [1.807, 2.05) is 5.38 Å². The van der Waals surface area contributed by atoms with Crippen molar-refractivity contribution >= 4 is 28.8 Å². The van der Waals surface area contributed by atoms with Crippen LogP contribution in [0.2, 0.25) is 0 Å². The number of rotatable bonds is 4. The monoisotopic (exact) mass is 250 g/mol. The minimum atomic E-state index is -1.05. The predicted molar refractivity (Wildman–Crippen MR) is 65.0 cm³/mol. The Kier molecular flexibility index (Phi) is 3.20. The smallest absolute Gasteiger partial charge is 0.337 e. The normalized spacial score (nSPS) is 10.1. The summed E-state index contributed by atoms with van der Waals surface area (Å²) in [6.45, 7) is 0.507. The molecule has 0 amide bonds. The van der Waals surface area contributed by atoms with Gasteiger partial charge in [-0.25, -0.2) is 14.8 Å². The molecule has 0 aliphatic heterocycles. The summed E-state index contributed by atoms with van der Waals surface area (Å²) in [6, 6.07) is 1.37. The van der Waals surface area contributed by atoms with Crippen LogP contribution in [0.5, 0.6) is 0 Å². The Morgan fingerprint density at radius 2 is 2.35 bits per heavy atom. The number of carboxylic acids is 1. The van der Waals surface area contributed by atoms with E-state index in [0.717, 1.165) is 5.69 Å². The van der Waals surface area contributed by atoms with Gasteiger partial charge in [0, 0.05) is 11.6 Å². The molecule has 2 aromatic heterocycles. The molecule has 0 unspecified atom stereocenters. The van der Waals surface area contributed by atoms with Crippen LogP contribution in [0, 0.1) is 0 Å². The number of hydrogen-bond donors (Lipinski definition) is 3. The third kappa shape index (κ3) is 2.70. The number of carboxylic acid groups (broad SMARTS) is 1. The van der Waals surface area contributed by atoms with Crippen LogP contribution in [0.4, 0.5) is 11.5 Å². The number of hydrogen-bond acceptors (Lipinski definition) is 6. The highest BCUT2D eigenvalue weighted by Crippen LogP contribution is 2.17. The summed E-state index contributed by atoms with van der Waals surface area (Å²) in [6.07, 6.45) is 1.27. The maximum Gasteiger partial charge on any atom is 0.337 e. The second-order valence-electron chi connectivity index (χ2n) is 3.30. The topological polar surface area (TPSA) is 101 Å². The number of aromatic nitrogens is 2. The van der Waals surface area contributed by atoms with Crippen LogP contribution >= 0.6 is 11.3 Å². The summed E-state index contributed by atoms with van der Waals surface area (Å²) < 4.78 is 0. The summed E-state index contributed by atoms with van der Waals surface area (Å²) in [5.41, 5.74) is 8.69. The molecule has 2 aromatic rings. The second-order valence-corrected chi connectivity index (χ2v) is 4.02. The fourth-order valence-corrected chi connectivity index (χ4v) is 1.80. The van der Waals surface area contributed by atoms with Crippen molar-refractivity contribution in [2.24, 2.45) is 0 Å². The Morgan fingerprint density at radius 1 is 1.53 bits per heavy atom. The van der Waals surface area contributed by atoms with E-state index >= 15 is 0 Å². The molecule has 0 radical (unpaired) electrons. The fourth-order valence-electron chi connectivity index (χ4n) is 1.25. The molecule has 17 heavy (non-hydrogen) atoms. The number of nitrogen functional groups attached to an aromatic ring is 1. The van der Waals surface area contributed by atoms with Gasteiger partial charge >= 0.3 is 5.97 Å². The third-order valence-corrected chi connectivity index (χ3v) is 2.72. The van der Waals surface area contributed by atoms with Gasteiger partial charge in [-0.2, -0.15) is 0 Å². The molecule has 0 saturated heterocycles.